The molecule has 1 saturated heterocycles. The molecule has 3 rings (SSSR count). The van der Waals surface area contributed by atoms with Crippen molar-refractivity contribution in [3.8, 4) is 0 Å². The highest BCUT2D eigenvalue weighted by Gasteiger charge is 2.61. The summed E-state index contributed by atoms with van der Waals surface area (Å²) in [6, 6.07) is 0. The van der Waals surface area contributed by atoms with Gasteiger partial charge in [0, 0.05) is 17.6 Å². The Kier molecular flexibility index (Phi) is 10.3. The average molecular weight is 539 g/mol. The Balaban J connectivity index is 1.97. The van der Waals surface area contributed by atoms with Gasteiger partial charge < -0.3 is 34.6 Å². The van der Waals surface area contributed by atoms with Crippen molar-refractivity contribution in [3.63, 3.8) is 0 Å². The highest BCUT2D eigenvalue weighted by molar-refractivity contribution is 5.87. The van der Waals surface area contributed by atoms with Crippen LogP contribution in [0.5, 0.6) is 0 Å². The third-order valence-corrected chi connectivity index (χ3v) is 9.75. The predicted molar refractivity (Wildman–Crippen MR) is 144 cm³/mol. The van der Waals surface area contributed by atoms with Crippen molar-refractivity contribution in [2.75, 3.05) is 13.2 Å². The van der Waals surface area contributed by atoms with Crippen LogP contribution in [-0.4, -0.2) is 76.4 Å². The Morgan fingerprint density at radius 1 is 1.21 bits per heavy atom. The molecule has 8 nitrogen and oxygen atoms in total. The number of rotatable bonds is 9. The van der Waals surface area contributed by atoms with Gasteiger partial charge in [-0.3, -0.25) is 0 Å². The summed E-state index contributed by atoms with van der Waals surface area (Å²) in [7, 11) is 0. The average Bonchev–Trinajstić information content (AvgIpc) is 2.85. The molecule has 1 aliphatic heterocycles. The lowest BCUT2D eigenvalue weighted by atomic mass is 9.46. The Hall–Kier alpha value is -1.29. The van der Waals surface area contributed by atoms with Crippen molar-refractivity contribution in [1.29, 1.82) is 0 Å². The first-order valence-electron chi connectivity index (χ1n) is 14.2. The van der Waals surface area contributed by atoms with Gasteiger partial charge in [0.2, 0.25) is 0 Å². The topological polar surface area (TPSA) is 126 Å². The summed E-state index contributed by atoms with van der Waals surface area (Å²) in [5, 5.41) is 40.2. The second kappa shape index (κ2) is 12.5. The second-order valence-corrected chi connectivity index (χ2v) is 12.7. The van der Waals surface area contributed by atoms with Gasteiger partial charge >= 0.3 is 5.97 Å². The van der Waals surface area contributed by atoms with Gasteiger partial charge in [-0.2, -0.15) is 0 Å². The second-order valence-electron chi connectivity index (χ2n) is 12.7. The molecule has 2 fully saturated rings. The van der Waals surface area contributed by atoms with Crippen LogP contribution in [-0.2, 0) is 19.0 Å². The fourth-order valence-corrected chi connectivity index (χ4v) is 7.25. The Morgan fingerprint density at radius 3 is 2.53 bits per heavy atom. The van der Waals surface area contributed by atoms with Crippen LogP contribution in [0, 0.1) is 28.6 Å². The van der Waals surface area contributed by atoms with Crippen LogP contribution in [0.4, 0.5) is 0 Å². The number of carbonyl (C=O) groups excluding carboxylic acids is 1. The highest BCUT2D eigenvalue weighted by Crippen LogP contribution is 2.62. The zero-order valence-electron chi connectivity index (χ0n) is 24.2. The van der Waals surface area contributed by atoms with E-state index in [9.17, 15) is 25.2 Å². The van der Waals surface area contributed by atoms with E-state index in [1.54, 1.807) is 19.9 Å². The third kappa shape index (κ3) is 6.21. The molecule has 0 unspecified atom stereocenters. The van der Waals surface area contributed by atoms with E-state index in [2.05, 4.69) is 40.7 Å². The van der Waals surface area contributed by atoms with E-state index in [0.29, 0.717) is 17.9 Å². The van der Waals surface area contributed by atoms with Gasteiger partial charge in [0.05, 0.1) is 12.7 Å². The molecule has 1 heterocycles. The standard InChI is InChI=1S/C30H50O8/c1-8-18(3)27(35)38-26-22(37-28-25(34)24(33)21(32)16-36-28)15-30(7)20(11-9-17(2)13-14-31)19(4)10-12-23(30)29(26,5)6/h8,10,17,20-26,28,31-34H,9,11-16H2,1-7H3/b18-8-/t17-,20+,21+,22-,23+,24-,25+,26+,28-,30-/m0/s1. The normalized spacial score (nSPS) is 40.2. The van der Waals surface area contributed by atoms with E-state index in [0.717, 1.165) is 25.7 Å². The molecule has 218 valence electrons. The molecule has 0 spiro atoms. The minimum Gasteiger partial charge on any atom is -0.456 e. The van der Waals surface area contributed by atoms with Crippen molar-refractivity contribution in [2.45, 2.75) is 117 Å². The summed E-state index contributed by atoms with van der Waals surface area (Å²) in [4.78, 5) is 13.0. The lowest BCUT2D eigenvalue weighted by Gasteiger charge is -2.61. The molecule has 4 N–H and O–H groups in total. The van der Waals surface area contributed by atoms with Gasteiger partial charge in [-0.25, -0.2) is 4.79 Å². The maximum atomic E-state index is 13.0. The molecule has 0 aromatic carbocycles. The van der Waals surface area contributed by atoms with Crippen LogP contribution >= 0.6 is 0 Å². The molecule has 0 aromatic rings. The highest BCUT2D eigenvalue weighted by atomic mass is 16.7. The number of esters is 1. The SMILES string of the molecule is C/C=C(/C)C(=O)O[C@@H]1[C@@H](O[C@@H]2OC[C@@H](O)[C@H](O)[C@H]2O)C[C@@]2(C)[C@H](CC[C@H](C)CCO)C(C)=CC[C@@H]2C1(C)C. The molecule has 2 aliphatic carbocycles. The van der Waals surface area contributed by atoms with Gasteiger partial charge in [0.1, 0.15) is 24.4 Å². The number of fused-ring (bicyclic) bond motifs is 1. The lowest BCUT2D eigenvalue weighted by molar-refractivity contribution is -0.310. The first kappa shape index (κ1) is 31.2. The molecule has 10 atom stereocenters. The summed E-state index contributed by atoms with van der Waals surface area (Å²) in [5.41, 5.74) is 1.21. The first-order chi connectivity index (χ1) is 17.8. The number of aliphatic hydroxyl groups is 4. The Morgan fingerprint density at radius 2 is 1.89 bits per heavy atom. The monoisotopic (exact) mass is 538 g/mol. The lowest BCUT2D eigenvalue weighted by Crippen LogP contribution is -2.63. The molecule has 0 bridgehead atoms. The summed E-state index contributed by atoms with van der Waals surface area (Å²) in [5.74, 6) is 0.508. The van der Waals surface area contributed by atoms with Gasteiger partial charge in [-0.15, -0.1) is 0 Å². The zero-order chi connectivity index (χ0) is 28.4. The number of carbonyl (C=O) groups is 1. The van der Waals surface area contributed by atoms with Crippen LogP contribution < -0.4 is 0 Å². The van der Waals surface area contributed by atoms with Crippen LogP contribution in [0.15, 0.2) is 23.3 Å². The number of aliphatic hydroxyl groups excluding tert-OH is 4. The van der Waals surface area contributed by atoms with E-state index < -0.39 is 48.2 Å². The molecule has 3 aliphatic rings. The van der Waals surface area contributed by atoms with Crippen LogP contribution in [0.25, 0.3) is 0 Å². The van der Waals surface area contributed by atoms with Crippen molar-refractivity contribution < 1.29 is 39.4 Å². The molecule has 0 radical (unpaired) electrons. The molecule has 38 heavy (non-hydrogen) atoms. The minimum absolute atomic E-state index is 0.158. The zero-order valence-corrected chi connectivity index (χ0v) is 24.2. The summed E-state index contributed by atoms with van der Waals surface area (Å²) < 4.78 is 18.2. The summed E-state index contributed by atoms with van der Waals surface area (Å²) in [6.45, 7) is 14.5. The van der Waals surface area contributed by atoms with E-state index in [-0.39, 0.29) is 30.5 Å². The van der Waals surface area contributed by atoms with Gasteiger partial charge in [-0.05, 0) is 69.6 Å². The molecule has 0 amide bonds. The van der Waals surface area contributed by atoms with E-state index in [4.69, 9.17) is 14.2 Å². The van der Waals surface area contributed by atoms with Crippen LogP contribution in [0.3, 0.4) is 0 Å². The molecular formula is C30H50O8. The number of hydrogen-bond donors (Lipinski definition) is 4. The van der Waals surface area contributed by atoms with Gasteiger partial charge in [0.25, 0.3) is 0 Å². The van der Waals surface area contributed by atoms with Gasteiger partial charge in [-0.1, -0.05) is 51.8 Å². The fourth-order valence-electron chi connectivity index (χ4n) is 7.25. The third-order valence-electron chi connectivity index (χ3n) is 9.75. The fraction of sp³-hybridized carbons (Fsp3) is 0.833. The maximum Gasteiger partial charge on any atom is 0.333 e. The van der Waals surface area contributed by atoms with Crippen LogP contribution in [0.1, 0.15) is 80.6 Å². The number of ether oxygens (including phenoxy) is 3. The minimum atomic E-state index is -1.43. The maximum absolute atomic E-state index is 13.0. The smallest absolute Gasteiger partial charge is 0.333 e. The predicted octanol–water partition coefficient (Wildman–Crippen LogP) is 3.51. The first-order valence-corrected chi connectivity index (χ1v) is 14.2. The van der Waals surface area contributed by atoms with E-state index in [1.807, 2.05) is 0 Å². The molecule has 8 heteroatoms. The summed E-state index contributed by atoms with van der Waals surface area (Å²) in [6.07, 6.45) is 1.90. The Labute approximate surface area is 228 Å². The van der Waals surface area contributed by atoms with Crippen molar-refractivity contribution in [2.24, 2.45) is 28.6 Å². The summed E-state index contributed by atoms with van der Waals surface area (Å²) >= 11 is 0. The van der Waals surface area contributed by atoms with Crippen molar-refractivity contribution >= 4 is 5.97 Å². The van der Waals surface area contributed by atoms with E-state index in [1.165, 1.54) is 5.57 Å². The quantitative estimate of drug-likeness (QED) is 0.200. The number of hydrogen-bond acceptors (Lipinski definition) is 8. The number of allylic oxidation sites excluding steroid dienone is 3. The van der Waals surface area contributed by atoms with Crippen LogP contribution in [0.2, 0.25) is 0 Å². The van der Waals surface area contributed by atoms with Crippen molar-refractivity contribution in [1.82, 2.24) is 0 Å². The molecule has 0 aromatic heterocycles. The van der Waals surface area contributed by atoms with E-state index >= 15 is 0 Å². The molecular weight excluding hydrogens is 488 g/mol. The molecule has 1 saturated carbocycles. The Bertz CT molecular complexity index is 881. The largest absolute Gasteiger partial charge is 0.456 e. The van der Waals surface area contributed by atoms with Crippen molar-refractivity contribution in [3.05, 3.63) is 23.3 Å². The van der Waals surface area contributed by atoms with Gasteiger partial charge in [0.15, 0.2) is 6.29 Å².